The lowest BCUT2D eigenvalue weighted by atomic mass is 10.1. The van der Waals surface area contributed by atoms with E-state index in [1.807, 2.05) is 37.3 Å². The van der Waals surface area contributed by atoms with Crippen LogP contribution in [0.5, 0.6) is 11.5 Å². The summed E-state index contributed by atoms with van der Waals surface area (Å²) in [5.41, 5.74) is 3.90. The fourth-order valence-electron chi connectivity index (χ4n) is 5.66. The molecule has 10 heteroatoms. The van der Waals surface area contributed by atoms with Crippen molar-refractivity contribution in [3.63, 3.8) is 0 Å². The molecule has 0 bridgehead atoms. The molecule has 43 heavy (non-hydrogen) atoms. The van der Waals surface area contributed by atoms with Crippen molar-refractivity contribution in [2.75, 3.05) is 19.7 Å². The fourth-order valence-corrected chi connectivity index (χ4v) is 5.66. The number of imidazole rings is 1. The Bertz CT molecular complexity index is 1680. The summed E-state index contributed by atoms with van der Waals surface area (Å²) in [6.45, 7) is 5.84. The molecule has 2 saturated heterocycles. The van der Waals surface area contributed by atoms with Gasteiger partial charge in [0.25, 0.3) is 0 Å². The summed E-state index contributed by atoms with van der Waals surface area (Å²) in [6, 6.07) is 17.1. The van der Waals surface area contributed by atoms with Crippen molar-refractivity contribution < 1.29 is 28.5 Å². The van der Waals surface area contributed by atoms with E-state index in [1.54, 1.807) is 12.1 Å². The smallest absolute Gasteiger partial charge is 0.335 e. The monoisotopic (exact) mass is 584 g/mol. The van der Waals surface area contributed by atoms with Crippen LogP contribution in [0.15, 0.2) is 54.6 Å². The van der Waals surface area contributed by atoms with Crippen molar-refractivity contribution in [3.8, 4) is 17.6 Å². The summed E-state index contributed by atoms with van der Waals surface area (Å²) >= 11 is 0. The topological polar surface area (TPSA) is 110 Å². The molecule has 222 valence electrons. The number of nitrogens with zero attached hydrogens (tertiary/aromatic N) is 4. The number of aromatic carboxylic acids is 1. The predicted molar refractivity (Wildman–Crippen MR) is 157 cm³/mol. The third kappa shape index (κ3) is 6.48. The molecule has 1 aromatic heterocycles. The van der Waals surface area contributed by atoms with Crippen LogP contribution in [-0.4, -0.2) is 57.4 Å². The van der Waals surface area contributed by atoms with E-state index in [1.165, 1.54) is 12.1 Å². The third-order valence-corrected chi connectivity index (χ3v) is 8.11. The highest BCUT2D eigenvalue weighted by Gasteiger charge is 2.26. The molecule has 0 radical (unpaired) electrons. The van der Waals surface area contributed by atoms with E-state index in [0.29, 0.717) is 13.1 Å². The summed E-state index contributed by atoms with van der Waals surface area (Å²) in [7, 11) is 0. The number of aromatic nitrogens is 2. The van der Waals surface area contributed by atoms with Gasteiger partial charge in [-0.15, -0.1) is 0 Å². The molecule has 0 amide bonds. The average molecular weight is 585 g/mol. The number of ether oxygens (including phenoxy) is 3. The molecule has 3 aromatic carbocycles. The normalized spacial score (nSPS) is 17.4. The number of likely N-dealkylation sites (tertiary alicyclic amines) is 1. The van der Waals surface area contributed by atoms with Crippen LogP contribution in [0.1, 0.15) is 52.1 Å². The molecular weight excluding hydrogens is 551 g/mol. The summed E-state index contributed by atoms with van der Waals surface area (Å²) in [6.07, 6.45) is 2.87. The summed E-state index contributed by atoms with van der Waals surface area (Å²) < 4.78 is 34.0. The van der Waals surface area contributed by atoms with E-state index < -0.39 is 11.8 Å². The fraction of sp³-hybridized carbons (Fsp3) is 0.364. The Morgan fingerprint density at radius 1 is 1.16 bits per heavy atom. The van der Waals surface area contributed by atoms with Crippen LogP contribution in [0.3, 0.4) is 0 Å². The average Bonchev–Trinajstić information content (AvgIpc) is 3.32. The molecule has 2 aliphatic rings. The molecule has 0 saturated carbocycles. The number of rotatable bonds is 10. The van der Waals surface area contributed by atoms with Gasteiger partial charge in [0.2, 0.25) is 0 Å². The van der Waals surface area contributed by atoms with Crippen LogP contribution in [0.4, 0.5) is 4.39 Å². The molecule has 0 aliphatic carbocycles. The van der Waals surface area contributed by atoms with Crippen molar-refractivity contribution in [3.05, 3.63) is 88.5 Å². The maximum absolute atomic E-state index is 14.2. The molecule has 6 rings (SSSR count). The molecule has 9 nitrogen and oxygen atoms in total. The molecule has 4 aromatic rings. The molecule has 3 heterocycles. The Morgan fingerprint density at radius 3 is 2.67 bits per heavy atom. The van der Waals surface area contributed by atoms with Gasteiger partial charge in [0.05, 0.1) is 47.4 Å². The Morgan fingerprint density at radius 2 is 1.98 bits per heavy atom. The largest absolute Gasteiger partial charge is 0.490 e. The Hall–Kier alpha value is -4.46. The minimum atomic E-state index is -0.945. The molecule has 2 aliphatic heterocycles. The lowest BCUT2D eigenvalue weighted by Gasteiger charge is -2.32. The Kier molecular flexibility index (Phi) is 8.27. The van der Waals surface area contributed by atoms with Crippen LogP contribution >= 0.6 is 0 Å². The standard InChI is InChI=1S/C33H33FN4O5/c1-21-13-24(33(39)40)16-29-32(21)36-31(38(29)18-27-9-12-41-27)19-37-10-7-25(8-11-37)43-26-4-2-3-23(14-26)20-42-30-6-5-22(17-35)15-28(30)34/h2-6,13-16,25,27H,7-12,18-20H2,1H3,(H,39,40)/t27-/m0/s1. The van der Waals surface area contributed by atoms with Crippen LogP contribution in [-0.2, 0) is 24.4 Å². The number of benzene rings is 3. The molecular formula is C33H33FN4O5. The number of carboxylic acids is 1. The van der Waals surface area contributed by atoms with Gasteiger partial charge in [0.15, 0.2) is 11.6 Å². The van der Waals surface area contributed by atoms with E-state index in [2.05, 4.69) is 9.47 Å². The van der Waals surface area contributed by atoms with Gasteiger partial charge in [-0.2, -0.15) is 5.26 Å². The number of carboxylic acid groups (broad SMARTS) is 1. The molecule has 1 atom stereocenters. The Balaban J connectivity index is 1.07. The van der Waals surface area contributed by atoms with E-state index in [9.17, 15) is 14.3 Å². The first-order valence-electron chi connectivity index (χ1n) is 14.5. The van der Waals surface area contributed by atoms with Gasteiger partial charge in [-0.3, -0.25) is 4.90 Å². The number of carbonyl (C=O) groups is 1. The second-order valence-electron chi connectivity index (χ2n) is 11.2. The van der Waals surface area contributed by atoms with Crippen LogP contribution < -0.4 is 9.47 Å². The van der Waals surface area contributed by atoms with Crippen molar-refractivity contribution in [2.24, 2.45) is 0 Å². The first-order chi connectivity index (χ1) is 20.9. The van der Waals surface area contributed by atoms with Gasteiger partial charge in [-0.05, 0) is 79.8 Å². The zero-order valence-corrected chi connectivity index (χ0v) is 24.0. The second-order valence-corrected chi connectivity index (χ2v) is 11.2. The number of aryl methyl sites for hydroxylation is 1. The van der Waals surface area contributed by atoms with Crippen molar-refractivity contribution in [1.29, 1.82) is 5.26 Å². The van der Waals surface area contributed by atoms with Gasteiger partial charge >= 0.3 is 5.97 Å². The van der Waals surface area contributed by atoms with Gasteiger partial charge < -0.3 is 23.9 Å². The van der Waals surface area contributed by atoms with Crippen LogP contribution in [0.25, 0.3) is 11.0 Å². The highest BCUT2D eigenvalue weighted by molar-refractivity contribution is 5.94. The van der Waals surface area contributed by atoms with Crippen LogP contribution in [0.2, 0.25) is 0 Å². The van der Waals surface area contributed by atoms with E-state index in [-0.39, 0.29) is 35.7 Å². The maximum Gasteiger partial charge on any atom is 0.335 e. The molecule has 2 fully saturated rings. The number of hydrogen-bond acceptors (Lipinski definition) is 7. The van der Waals surface area contributed by atoms with Gasteiger partial charge in [-0.1, -0.05) is 12.1 Å². The molecule has 0 unspecified atom stereocenters. The van der Waals surface area contributed by atoms with E-state index >= 15 is 0 Å². The van der Waals surface area contributed by atoms with Crippen molar-refractivity contribution >= 4 is 17.0 Å². The second kappa shape index (κ2) is 12.4. The maximum atomic E-state index is 14.2. The SMILES string of the molecule is Cc1cc(C(=O)O)cc2c1nc(CN1CCC(Oc3cccc(COc4ccc(C#N)cc4F)c3)CC1)n2C[C@@H]1CCO1. The van der Waals surface area contributed by atoms with E-state index in [0.717, 1.165) is 78.8 Å². The number of nitriles is 1. The number of piperidine rings is 1. The lowest BCUT2D eigenvalue weighted by Crippen LogP contribution is -2.39. The lowest BCUT2D eigenvalue weighted by molar-refractivity contribution is -0.0592. The Labute approximate surface area is 249 Å². The first-order valence-corrected chi connectivity index (χ1v) is 14.5. The highest BCUT2D eigenvalue weighted by Crippen LogP contribution is 2.27. The highest BCUT2D eigenvalue weighted by atomic mass is 19.1. The zero-order chi connectivity index (χ0) is 29.9. The zero-order valence-electron chi connectivity index (χ0n) is 24.0. The number of hydrogen-bond donors (Lipinski definition) is 1. The van der Waals surface area contributed by atoms with E-state index in [4.69, 9.17) is 24.5 Å². The summed E-state index contributed by atoms with van der Waals surface area (Å²) in [5.74, 6) is 0.252. The molecule has 1 N–H and O–H groups in total. The number of fused-ring (bicyclic) bond motifs is 1. The van der Waals surface area contributed by atoms with Crippen molar-refractivity contribution in [2.45, 2.75) is 58.1 Å². The minimum absolute atomic E-state index is 0.0611. The van der Waals surface area contributed by atoms with Gasteiger partial charge in [0, 0.05) is 19.7 Å². The van der Waals surface area contributed by atoms with Gasteiger partial charge in [-0.25, -0.2) is 14.2 Å². The van der Waals surface area contributed by atoms with Crippen molar-refractivity contribution in [1.82, 2.24) is 14.5 Å². The predicted octanol–water partition coefficient (Wildman–Crippen LogP) is 5.47. The third-order valence-electron chi connectivity index (χ3n) is 8.11. The van der Waals surface area contributed by atoms with Crippen LogP contribution in [0, 0.1) is 24.1 Å². The first kappa shape index (κ1) is 28.6. The minimum Gasteiger partial charge on any atom is -0.490 e. The number of halogens is 1. The van der Waals surface area contributed by atoms with Gasteiger partial charge in [0.1, 0.15) is 24.3 Å². The quantitative estimate of drug-likeness (QED) is 0.262. The summed E-state index contributed by atoms with van der Waals surface area (Å²) in [5, 5.41) is 18.5. The molecule has 0 spiro atoms. The summed E-state index contributed by atoms with van der Waals surface area (Å²) in [4.78, 5) is 19.0.